The standard InChI is InChI=1S/C27H34ClN5O2/c1-19-24-16-29-33(18-25(34)31-13-9-23(10-14-31)30-11-4-3-5-12-30)27(35)26(24)20(2)32(19)17-21-7-6-8-22(28)15-21/h6-8,15-16,23H,3-5,9-14,17-18H2,1-2H3. The van der Waals surface area contributed by atoms with Crippen molar-refractivity contribution in [1.82, 2.24) is 24.1 Å². The minimum atomic E-state index is -0.204. The Morgan fingerprint density at radius 3 is 2.51 bits per heavy atom. The van der Waals surface area contributed by atoms with Gasteiger partial charge in [-0.15, -0.1) is 0 Å². The van der Waals surface area contributed by atoms with E-state index in [0.29, 0.717) is 23.0 Å². The molecule has 0 aliphatic carbocycles. The van der Waals surface area contributed by atoms with Gasteiger partial charge >= 0.3 is 0 Å². The second-order valence-electron chi connectivity index (χ2n) is 9.99. The number of amides is 1. The number of likely N-dealkylation sites (tertiary alicyclic amines) is 2. The number of rotatable bonds is 5. The van der Waals surface area contributed by atoms with Crippen LogP contribution >= 0.6 is 11.6 Å². The first kappa shape index (κ1) is 24.1. The molecule has 1 aromatic carbocycles. The van der Waals surface area contributed by atoms with Crippen LogP contribution in [0.2, 0.25) is 5.02 Å². The van der Waals surface area contributed by atoms with Crippen molar-refractivity contribution in [2.24, 2.45) is 0 Å². The summed E-state index contributed by atoms with van der Waals surface area (Å²) in [6.07, 6.45) is 7.66. The van der Waals surface area contributed by atoms with E-state index in [9.17, 15) is 9.59 Å². The molecule has 3 aromatic rings. The fourth-order valence-electron chi connectivity index (χ4n) is 5.80. The number of halogens is 1. The summed E-state index contributed by atoms with van der Waals surface area (Å²) in [4.78, 5) is 31.0. The second-order valence-corrected chi connectivity index (χ2v) is 10.4. The first-order valence-electron chi connectivity index (χ1n) is 12.7. The fraction of sp³-hybridized carbons (Fsp3) is 0.519. The van der Waals surface area contributed by atoms with Gasteiger partial charge in [0, 0.05) is 47.5 Å². The third-order valence-electron chi connectivity index (χ3n) is 7.84. The lowest BCUT2D eigenvalue weighted by molar-refractivity contribution is -0.133. The van der Waals surface area contributed by atoms with Crippen LogP contribution in [0.25, 0.3) is 10.8 Å². The van der Waals surface area contributed by atoms with Crippen LogP contribution in [0, 0.1) is 13.8 Å². The van der Waals surface area contributed by atoms with Gasteiger partial charge in [-0.25, -0.2) is 4.68 Å². The van der Waals surface area contributed by atoms with Crippen molar-refractivity contribution in [2.45, 2.75) is 65.1 Å². The number of aromatic nitrogens is 3. The van der Waals surface area contributed by atoms with E-state index in [2.05, 4.69) is 14.6 Å². The van der Waals surface area contributed by atoms with Gasteiger partial charge in [0.25, 0.3) is 5.56 Å². The highest BCUT2D eigenvalue weighted by Crippen LogP contribution is 2.24. The Morgan fingerprint density at radius 2 is 1.80 bits per heavy atom. The van der Waals surface area contributed by atoms with Gasteiger partial charge in [0.1, 0.15) is 6.54 Å². The summed E-state index contributed by atoms with van der Waals surface area (Å²) in [5, 5.41) is 6.54. The summed E-state index contributed by atoms with van der Waals surface area (Å²) in [5.41, 5.74) is 2.73. The van der Waals surface area contributed by atoms with E-state index in [1.165, 1.54) is 37.0 Å². The lowest BCUT2D eigenvalue weighted by atomic mass is 10.00. The van der Waals surface area contributed by atoms with Crippen LogP contribution in [-0.4, -0.2) is 62.3 Å². The molecular weight excluding hydrogens is 462 g/mol. The Morgan fingerprint density at radius 1 is 1.06 bits per heavy atom. The molecule has 0 bridgehead atoms. The zero-order valence-corrected chi connectivity index (χ0v) is 21.4. The van der Waals surface area contributed by atoms with Crippen molar-refractivity contribution in [1.29, 1.82) is 0 Å². The molecule has 4 heterocycles. The van der Waals surface area contributed by atoms with Gasteiger partial charge in [0.2, 0.25) is 5.91 Å². The summed E-state index contributed by atoms with van der Waals surface area (Å²) in [6, 6.07) is 8.34. The van der Waals surface area contributed by atoms with E-state index in [1.807, 2.05) is 43.0 Å². The largest absolute Gasteiger partial charge is 0.343 e. The lowest BCUT2D eigenvalue weighted by Gasteiger charge is -2.40. The van der Waals surface area contributed by atoms with E-state index in [-0.39, 0.29) is 18.0 Å². The van der Waals surface area contributed by atoms with Crippen LogP contribution in [0.5, 0.6) is 0 Å². The van der Waals surface area contributed by atoms with Crippen LogP contribution in [0.3, 0.4) is 0 Å². The van der Waals surface area contributed by atoms with Crippen molar-refractivity contribution in [2.75, 3.05) is 26.2 Å². The van der Waals surface area contributed by atoms with Gasteiger partial charge in [-0.3, -0.25) is 9.59 Å². The number of nitrogens with zero attached hydrogens (tertiary/aromatic N) is 5. The molecule has 0 radical (unpaired) electrons. The monoisotopic (exact) mass is 495 g/mol. The molecule has 0 spiro atoms. The number of hydrogen-bond donors (Lipinski definition) is 0. The first-order valence-corrected chi connectivity index (χ1v) is 13.1. The number of hydrogen-bond acceptors (Lipinski definition) is 4. The Kier molecular flexibility index (Phi) is 6.98. The quantitative estimate of drug-likeness (QED) is 0.537. The number of fused-ring (bicyclic) bond motifs is 1. The number of carbonyl (C=O) groups is 1. The molecule has 5 rings (SSSR count). The predicted molar refractivity (Wildman–Crippen MR) is 139 cm³/mol. The van der Waals surface area contributed by atoms with Crippen LogP contribution in [0.15, 0.2) is 35.3 Å². The van der Waals surface area contributed by atoms with Gasteiger partial charge in [-0.05, 0) is 70.3 Å². The molecule has 0 saturated carbocycles. The average Bonchev–Trinajstić information content (AvgIpc) is 3.11. The third-order valence-corrected chi connectivity index (χ3v) is 8.08. The molecule has 1 amide bonds. The van der Waals surface area contributed by atoms with E-state index in [0.717, 1.165) is 48.3 Å². The maximum atomic E-state index is 13.4. The van der Waals surface area contributed by atoms with Crippen molar-refractivity contribution in [3.05, 3.63) is 62.8 Å². The molecule has 35 heavy (non-hydrogen) atoms. The normalized spacial score (nSPS) is 17.9. The number of piperidine rings is 2. The molecule has 2 aliphatic rings. The Bertz CT molecular complexity index is 1280. The van der Waals surface area contributed by atoms with Crippen molar-refractivity contribution in [3.8, 4) is 0 Å². The van der Waals surface area contributed by atoms with Crippen LogP contribution in [0.4, 0.5) is 0 Å². The highest BCUT2D eigenvalue weighted by molar-refractivity contribution is 6.30. The van der Waals surface area contributed by atoms with Crippen molar-refractivity contribution >= 4 is 28.3 Å². The topological polar surface area (TPSA) is 63.4 Å². The van der Waals surface area contributed by atoms with Crippen molar-refractivity contribution < 1.29 is 4.79 Å². The Labute approximate surface area is 211 Å². The van der Waals surface area contributed by atoms with Gasteiger partial charge < -0.3 is 14.4 Å². The zero-order chi connectivity index (χ0) is 24.5. The molecule has 7 nitrogen and oxygen atoms in total. The fourth-order valence-corrected chi connectivity index (χ4v) is 6.02. The van der Waals surface area contributed by atoms with Crippen LogP contribution in [-0.2, 0) is 17.9 Å². The maximum absolute atomic E-state index is 13.4. The Balaban J connectivity index is 1.31. The molecule has 0 unspecified atom stereocenters. The SMILES string of the molecule is Cc1c2cnn(CC(=O)N3CCC(N4CCCCC4)CC3)c(=O)c2c(C)n1Cc1cccc(Cl)c1. The zero-order valence-electron chi connectivity index (χ0n) is 20.7. The Hall–Kier alpha value is -2.64. The van der Waals surface area contributed by atoms with Crippen LogP contribution in [0.1, 0.15) is 49.1 Å². The number of aryl methyl sites for hydroxylation is 2. The maximum Gasteiger partial charge on any atom is 0.276 e. The second kappa shape index (κ2) is 10.2. The summed E-state index contributed by atoms with van der Waals surface area (Å²) in [7, 11) is 0. The molecular formula is C27H34ClN5O2. The molecule has 2 saturated heterocycles. The molecule has 2 aliphatic heterocycles. The van der Waals surface area contributed by atoms with Gasteiger partial charge in [0.05, 0.1) is 11.6 Å². The molecule has 2 fully saturated rings. The summed E-state index contributed by atoms with van der Waals surface area (Å²) in [5.74, 6) is -0.0243. The summed E-state index contributed by atoms with van der Waals surface area (Å²) in [6.45, 7) is 8.46. The minimum absolute atomic E-state index is 0.0128. The van der Waals surface area contributed by atoms with E-state index < -0.39 is 0 Å². The highest BCUT2D eigenvalue weighted by atomic mass is 35.5. The molecule has 186 valence electrons. The minimum Gasteiger partial charge on any atom is -0.343 e. The van der Waals surface area contributed by atoms with Crippen LogP contribution < -0.4 is 5.56 Å². The highest BCUT2D eigenvalue weighted by Gasteiger charge is 2.28. The summed E-state index contributed by atoms with van der Waals surface area (Å²) >= 11 is 6.16. The number of benzene rings is 1. The third kappa shape index (κ3) is 4.89. The van der Waals surface area contributed by atoms with Gasteiger partial charge in [0.15, 0.2) is 0 Å². The number of carbonyl (C=O) groups excluding carboxylic acids is 1. The molecule has 8 heteroatoms. The van der Waals surface area contributed by atoms with E-state index >= 15 is 0 Å². The summed E-state index contributed by atoms with van der Waals surface area (Å²) < 4.78 is 3.45. The van der Waals surface area contributed by atoms with E-state index in [4.69, 9.17) is 11.6 Å². The van der Waals surface area contributed by atoms with Gasteiger partial charge in [-0.1, -0.05) is 30.2 Å². The lowest BCUT2D eigenvalue weighted by Crippen LogP contribution is -2.49. The van der Waals surface area contributed by atoms with E-state index in [1.54, 1.807) is 6.20 Å². The van der Waals surface area contributed by atoms with Gasteiger partial charge in [-0.2, -0.15) is 5.10 Å². The smallest absolute Gasteiger partial charge is 0.276 e. The molecule has 0 N–H and O–H groups in total. The first-order chi connectivity index (χ1) is 16.9. The molecule has 2 aromatic heterocycles. The van der Waals surface area contributed by atoms with Crippen molar-refractivity contribution in [3.63, 3.8) is 0 Å². The predicted octanol–water partition coefficient (Wildman–Crippen LogP) is 3.99. The average molecular weight is 496 g/mol. The molecule has 0 atom stereocenters.